The zero-order valence-corrected chi connectivity index (χ0v) is 30.6. The van der Waals surface area contributed by atoms with Crippen molar-refractivity contribution in [3.05, 3.63) is 0 Å². The van der Waals surface area contributed by atoms with Gasteiger partial charge in [-0.25, -0.2) is 0 Å². The molecule has 4 N–H and O–H groups in total. The standard InChI is InChI=1S/C28H59IN4O7.C2H6/c1-18(11-15-32(7)14-10-13-30)25(40-28-24(34)22(31(5)6)12-16-37-28)19(2)26(20(3)29-36-9)39-23-17-33(8)27(35)21(4)38-23;1-2/h18-29,34-35H,10-17,30H2,1-9H3;1-2H3/t18-,19?,20?,21?,22?,23?,24?,25-,26?,27?,28?;/m0./s1. The van der Waals surface area contributed by atoms with E-state index in [4.69, 9.17) is 27.7 Å². The normalized spacial score (nSPS) is 31.0. The van der Waals surface area contributed by atoms with Gasteiger partial charge >= 0.3 is 254 Å². The fraction of sp³-hybridized carbons (Fsp3) is 1.00. The molecule has 2 aliphatic heterocycles. The number of likely N-dealkylation sites (N-methyl/N-ethyl adjacent to an activating group) is 2. The number of nitrogens with zero attached hydrogens (tertiary/aromatic N) is 3. The second kappa shape index (κ2) is 21.2. The number of morpholine rings is 1. The van der Waals surface area contributed by atoms with Crippen LogP contribution in [-0.2, 0) is 22.0 Å². The Morgan fingerprint density at radius 3 is 2.31 bits per heavy atom. The monoisotopic (exact) mass is 720 g/mol. The average molecular weight is 721 g/mol. The summed E-state index contributed by atoms with van der Waals surface area (Å²) in [6.07, 6.45) is -0.754. The van der Waals surface area contributed by atoms with E-state index in [9.17, 15) is 10.2 Å². The molecule has 2 rings (SSSR count). The van der Waals surface area contributed by atoms with Crippen molar-refractivity contribution in [2.75, 3.05) is 68.1 Å². The molecule has 11 nitrogen and oxygen atoms in total. The third kappa shape index (κ3) is 12.6. The van der Waals surface area contributed by atoms with Crippen molar-refractivity contribution in [1.29, 1.82) is 0 Å². The van der Waals surface area contributed by atoms with Gasteiger partial charge in [-0.3, -0.25) is 0 Å². The Labute approximate surface area is 267 Å². The summed E-state index contributed by atoms with van der Waals surface area (Å²) < 4.78 is 31.4. The van der Waals surface area contributed by atoms with Gasteiger partial charge in [0.2, 0.25) is 0 Å². The average Bonchev–Trinajstić information content (AvgIpc) is 2.96. The van der Waals surface area contributed by atoms with Crippen LogP contribution < -0.4 is 5.73 Å². The predicted octanol–water partition coefficient (Wildman–Crippen LogP) is 2.41. The maximum atomic E-state index is 11.2. The van der Waals surface area contributed by atoms with E-state index in [-0.39, 0.29) is 40.1 Å². The van der Waals surface area contributed by atoms with E-state index in [0.717, 1.165) is 32.4 Å². The van der Waals surface area contributed by atoms with Crippen LogP contribution in [0.1, 0.15) is 60.8 Å². The molecule has 42 heavy (non-hydrogen) atoms. The van der Waals surface area contributed by atoms with Gasteiger partial charge in [-0.05, 0) is 0 Å². The molecule has 11 atom stereocenters. The van der Waals surface area contributed by atoms with Gasteiger partial charge in [0.05, 0.1) is 0 Å². The van der Waals surface area contributed by atoms with Gasteiger partial charge in [0.25, 0.3) is 0 Å². The molecule has 0 saturated carbocycles. The van der Waals surface area contributed by atoms with Crippen LogP contribution in [-0.4, -0.2) is 146 Å². The van der Waals surface area contributed by atoms with Crippen molar-refractivity contribution >= 4 is 21.6 Å². The molecule has 2 aliphatic rings. The molecule has 0 spiro atoms. The predicted molar refractivity (Wildman–Crippen MR) is 178 cm³/mol. The van der Waals surface area contributed by atoms with Gasteiger partial charge in [0.1, 0.15) is 0 Å². The Morgan fingerprint density at radius 1 is 1.07 bits per heavy atom. The molecule has 254 valence electrons. The quantitative estimate of drug-likeness (QED) is 0.152. The van der Waals surface area contributed by atoms with E-state index in [1.807, 2.05) is 51.7 Å². The van der Waals surface area contributed by atoms with Crippen LogP contribution in [0.4, 0.5) is 0 Å². The Hall–Kier alpha value is 0.290. The third-order valence-electron chi connectivity index (χ3n) is 8.33. The molecule has 9 unspecified atom stereocenters. The summed E-state index contributed by atoms with van der Waals surface area (Å²) in [5.41, 5.74) is 5.72. The van der Waals surface area contributed by atoms with Crippen LogP contribution in [0.15, 0.2) is 0 Å². The summed E-state index contributed by atoms with van der Waals surface area (Å²) in [6, 6.07) is -0.0297. The van der Waals surface area contributed by atoms with E-state index in [0.29, 0.717) is 19.7 Å². The van der Waals surface area contributed by atoms with Crippen molar-refractivity contribution in [1.82, 2.24) is 14.7 Å². The fourth-order valence-corrected chi connectivity index (χ4v) is 7.86. The number of nitrogens with two attached hydrogens (primary N) is 1. The molecular weight excluding hydrogens is 655 g/mol. The first kappa shape index (κ1) is 40.3. The molecule has 0 aromatic heterocycles. The first-order valence-corrected chi connectivity index (χ1v) is 18.1. The van der Waals surface area contributed by atoms with Crippen LogP contribution in [0.2, 0.25) is 0 Å². The molecule has 0 radical (unpaired) electrons. The number of ether oxygens (including phenoxy) is 4. The fourth-order valence-electron chi connectivity index (χ4n) is 5.79. The Bertz CT molecular complexity index is 688. The molecule has 2 heterocycles. The van der Waals surface area contributed by atoms with Gasteiger partial charge in [-0.15, -0.1) is 0 Å². The zero-order valence-electron chi connectivity index (χ0n) is 28.3. The molecule has 2 fully saturated rings. The maximum absolute atomic E-state index is 11.2. The number of aliphatic hydroxyl groups is 2. The summed E-state index contributed by atoms with van der Waals surface area (Å²) in [5, 5.41) is 21.5. The molecule has 0 amide bonds. The van der Waals surface area contributed by atoms with Crippen molar-refractivity contribution in [2.45, 2.75) is 114 Å². The molecular formula is C30H65IN4O7. The number of hydrogen-bond acceptors (Lipinski definition) is 11. The topological polar surface area (TPSA) is 122 Å². The number of aliphatic hydroxyl groups excluding tert-OH is 2. The molecule has 0 bridgehead atoms. The van der Waals surface area contributed by atoms with E-state index in [2.05, 4.69) is 32.7 Å². The summed E-state index contributed by atoms with van der Waals surface area (Å²) in [6.45, 7) is 16.0. The van der Waals surface area contributed by atoms with Crippen LogP contribution in [0.25, 0.3) is 0 Å². The van der Waals surface area contributed by atoms with Crippen LogP contribution >= 0.6 is 21.6 Å². The van der Waals surface area contributed by atoms with Gasteiger partial charge in [0.15, 0.2) is 0 Å². The molecule has 0 aliphatic carbocycles. The summed E-state index contributed by atoms with van der Waals surface area (Å²) in [7, 11) is 9.72. The molecule has 0 aromatic rings. The van der Waals surface area contributed by atoms with E-state index in [1.54, 1.807) is 7.11 Å². The van der Waals surface area contributed by atoms with E-state index in [1.165, 1.54) is 0 Å². The summed E-state index contributed by atoms with van der Waals surface area (Å²) >= 11 is -0.795. The van der Waals surface area contributed by atoms with Crippen LogP contribution in [0.5, 0.6) is 0 Å². The number of rotatable bonds is 17. The van der Waals surface area contributed by atoms with Gasteiger partial charge in [-0.2, -0.15) is 0 Å². The number of alkyl halides is 1. The van der Waals surface area contributed by atoms with Crippen LogP contribution in [0.3, 0.4) is 0 Å². The Morgan fingerprint density at radius 2 is 1.74 bits per heavy atom. The van der Waals surface area contributed by atoms with Crippen LogP contribution in [0, 0.1) is 11.8 Å². The first-order chi connectivity index (χ1) is 19.9. The van der Waals surface area contributed by atoms with Gasteiger partial charge in [-0.1, -0.05) is 13.8 Å². The minimum atomic E-state index is -0.795. The Kier molecular flexibility index (Phi) is 20.3. The Balaban J connectivity index is 0.00000431. The second-order valence-electron chi connectivity index (χ2n) is 11.9. The van der Waals surface area contributed by atoms with E-state index < -0.39 is 46.5 Å². The zero-order chi connectivity index (χ0) is 32.0. The number of halogens is 1. The minimum absolute atomic E-state index is 0.0297. The van der Waals surface area contributed by atoms with Gasteiger partial charge < -0.3 is 0 Å². The molecule has 2 saturated heterocycles. The first-order valence-electron chi connectivity index (χ1n) is 15.8. The van der Waals surface area contributed by atoms with E-state index >= 15 is 0 Å². The number of hydrogen-bond donors (Lipinski definition) is 3. The van der Waals surface area contributed by atoms with Crippen molar-refractivity contribution in [3.63, 3.8) is 0 Å². The van der Waals surface area contributed by atoms with Crippen molar-refractivity contribution < 1.29 is 32.2 Å². The SMILES string of the molecule is CC.CO[IH]C(C)C(OC1CN(C)C(O)C(C)O1)C(C)[C@@H](OC1OCCC(N(C)C)C1O)[C@@H](C)CCN(C)CCCN. The van der Waals surface area contributed by atoms with Gasteiger partial charge in [0, 0.05) is 0 Å². The van der Waals surface area contributed by atoms with Crippen molar-refractivity contribution in [2.24, 2.45) is 17.6 Å². The molecule has 12 heteroatoms. The second-order valence-corrected chi connectivity index (χ2v) is 15.5. The summed E-state index contributed by atoms with van der Waals surface area (Å²) in [5.74, 6) is 0.134. The third-order valence-corrected chi connectivity index (χ3v) is 10.5. The summed E-state index contributed by atoms with van der Waals surface area (Å²) in [4.78, 5) is 6.22. The van der Waals surface area contributed by atoms with Crippen molar-refractivity contribution in [3.8, 4) is 0 Å². The molecule has 0 aromatic carbocycles.